The zero-order chi connectivity index (χ0) is 15.0. The molecule has 0 heterocycles. The molecule has 0 aromatic heterocycles. The number of carboxylic acids is 1. The molecule has 1 aromatic rings. The van der Waals surface area contributed by atoms with Gasteiger partial charge in [0, 0.05) is 18.2 Å². The second-order valence-corrected chi connectivity index (χ2v) is 4.55. The van der Waals surface area contributed by atoms with Crippen molar-refractivity contribution in [3.05, 3.63) is 23.8 Å². The molecule has 0 bridgehead atoms. The van der Waals surface area contributed by atoms with Crippen molar-refractivity contribution in [2.75, 3.05) is 13.2 Å². The monoisotopic (exact) mass is 281 g/mol. The predicted octanol–water partition coefficient (Wildman–Crippen LogP) is 2.44. The Morgan fingerprint density at radius 3 is 2.70 bits per heavy atom. The predicted molar refractivity (Wildman–Crippen MR) is 77.3 cm³/mol. The van der Waals surface area contributed by atoms with Crippen molar-refractivity contribution >= 4 is 5.97 Å². The Labute approximate surface area is 119 Å². The molecule has 0 spiro atoms. The lowest BCUT2D eigenvalue weighted by Gasteiger charge is -2.17. The molecule has 1 rings (SSSR count). The Hall–Kier alpha value is -1.75. The van der Waals surface area contributed by atoms with E-state index in [2.05, 4.69) is 19.2 Å². The van der Waals surface area contributed by atoms with Gasteiger partial charge in [0.2, 0.25) is 0 Å². The molecular formula is C15H23NO4. The lowest BCUT2D eigenvalue weighted by Crippen LogP contribution is -2.25. The highest BCUT2D eigenvalue weighted by molar-refractivity contribution is 5.68. The first kappa shape index (κ1) is 16.3. The van der Waals surface area contributed by atoms with Crippen LogP contribution in [-0.2, 0) is 11.3 Å². The van der Waals surface area contributed by atoms with Crippen molar-refractivity contribution in [1.29, 1.82) is 0 Å². The SMILES string of the molecule is CCOc1cccc(CNC(C)CC)c1OCC(=O)O. The molecule has 1 unspecified atom stereocenters. The summed E-state index contributed by atoms with van der Waals surface area (Å²) in [5.41, 5.74) is 0.900. The summed E-state index contributed by atoms with van der Waals surface area (Å²) in [6.07, 6.45) is 1.02. The third-order valence-corrected chi connectivity index (χ3v) is 2.95. The van der Waals surface area contributed by atoms with Gasteiger partial charge < -0.3 is 19.9 Å². The van der Waals surface area contributed by atoms with Crippen LogP contribution < -0.4 is 14.8 Å². The molecule has 0 saturated carbocycles. The van der Waals surface area contributed by atoms with Gasteiger partial charge in [0.05, 0.1) is 6.61 Å². The number of carboxylic acid groups (broad SMARTS) is 1. The van der Waals surface area contributed by atoms with Gasteiger partial charge in [-0.3, -0.25) is 0 Å². The minimum Gasteiger partial charge on any atom is -0.490 e. The number of nitrogens with one attached hydrogen (secondary N) is 1. The first-order valence-corrected chi connectivity index (χ1v) is 6.91. The zero-order valence-corrected chi connectivity index (χ0v) is 12.3. The topological polar surface area (TPSA) is 67.8 Å². The fourth-order valence-electron chi connectivity index (χ4n) is 1.70. The molecule has 1 atom stereocenters. The fraction of sp³-hybridized carbons (Fsp3) is 0.533. The first-order chi connectivity index (χ1) is 9.58. The summed E-state index contributed by atoms with van der Waals surface area (Å²) in [5, 5.41) is 12.1. The number of hydrogen-bond donors (Lipinski definition) is 2. The minimum absolute atomic E-state index is 0.375. The molecule has 1 aromatic carbocycles. The van der Waals surface area contributed by atoms with Crippen LogP contribution >= 0.6 is 0 Å². The van der Waals surface area contributed by atoms with Gasteiger partial charge >= 0.3 is 5.97 Å². The molecule has 2 N–H and O–H groups in total. The van der Waals surface area contributed by atoms with Crippen molar-refractivity contribution in [2.24, 2.45) is 0 Å². The molecular weight excluding hydrogens is 258 g/mol. The van der Waals surface area contributed by atoms with E-state index < -0.39 is 5.97 Å². The summed E-state index contributed by atoms with van der Waals surface area (Å²) in [6, 6.07) is 5.97. The van der Waals surface area contributed by atoms with E-state index in [1.54, 1.807) is 6.07 Å². The van der Waals surface area contributed by atoms with E-state index >= 15 is 0 Å². The Morgan fingerprint density at radius 2 is 2.10 bits per heavy atom. The first-order valence-electron chi connectivity index (χ1n) is 6.91. The van der Waals surface area contributed by atoms with Crippen LogP contribution in [0.15, 0.2) is 18.2 Å². The van der Waals surface area contributed by atoms with Gasteiger partial charge in [-0.25, -0.2) is 4.79 Å². The van der Waals surface area contributed by atoms with Gasteiger partial charge in [0.15, 0.2) is 18.1 Å². The summed E-state index contributed by atoms with van der Waals surface area (Å²) in [5.74, 6) is 0.0851. The van der Waals surface area contributed by atoms with Crippen molar-refractivity contribution in [3.63, 3.8) is 0 Å². The summed E-state index contributed by atoms with van der Waals surface area (Å²) in [7, 11) is 0. The Kier molecular flexibility index (Phi) is 6.87. The molecule has 0 radical (unpaired) electrons. The summed E-state index contributed by atoms with van der Waals surface area (Å²) in [4.78, 5) is 10.7. The smallest absolute Gasteiger partial charge is 0.341 e. The molecule has 0 amide bonds. The van der Waals surface area contributed by atoms with E-state index in [0.717, 1.165) is 12.0 Å². The van der Waals surface area contributed by atoms with Crippen LogP contribution in [-0.4, -0.2) is 30.3 Å². The average molecular weight is 281 g/mol. The van der Waals surface area contributed by atoms with Crippen LogP contribution in [0.5, 0.6) is 11.5 Å². The lowest BCUT2D eigenvalue weighted by atomic mass is 10.1. The number of para-hydroxylation sites is 1. The van der Waals surface area contributed by atoms with Crippen LogP contribution in [0.25, 0.3) is 0 Å². The van der Waals surface area contributed by atoms with E-state index in [0.29, 0.717) is 30.7 Å². The van der Waals surface area contributed by atoms with E-state index in [1.807, 2.05) is 19.1 Å². The second-order valence-electron chi connectivity index (χ2n) is 4.55. The highest BCUT2D eigenvalue weighted by atomic mass is 16.5. The number of ether oxygens (including phenoxy) is 2. The van der Waals surface area contributed by atoms with Crippen LogP contribution in [0.2, 0.25) is 0 Å². The van der Waals surface area contributed by atoms with Gasteiger partial charge in [-0.15, -0.1) is 0 Å². The second kappa shape index (κ2) is 8.43. The van der Waals surface area contributed by atoms with Crippen molar-refractivity contribution in [3.8, 4) is 11.5 Å². The van der Waals surface area contributed by atoms with E-state index in [-0.39, 0.29) is 6.61 Å². The van der Waals surface area contributed by atoms with Crippen LogP contribution in [0.4, 0.5) is 0 Å². The molecule has 0 saturated heterocycles. The van der Waals surface area contributed by atoms with E-state index in [9.17, 15) is 4.79 Å². The Morgan fingerprint density at radius 1 is 1.35 bits per heavy atom. The van der Waals surface area contributed by atoms with E-state index in [4.69, 9.17) is 14.6 Å². The number of carbonyl (C=O) groups is 1. The van der Waals surface area contributed by atoms with Crippen LogP contribution in [0.1, 0.15) is 32.8 Å². The molecule has 20 heavy (non-hydrogen) atoms. The van der Waals surface area contributed by atoms with Crippen LogP contribution in [0.3, 0.4) is 0 Å². The van der Waals surface area contributed by atoms with Crippen molar-refractivity contribution < 1.29 is 19.4 Å². The molecule has 0 aliphatic heterocycles. The molecule has 112 valence electrons. The number of hydrogen-bond acceptors (Lipinski definition) is 4. The normalized spacial score (nSPS) is 11.9. The van der Waals surface area contributed by atoms with Crippen molar-refractivity contribution in [1.82, 2.24) is 5.32 Å². The maximum Gasteiger partial charge on any atom is 0.341 e. The average Bonchev–Trinajstić information content (AvgIpc) is 2.43. The number of benzene rings is 1. The standard InChI is InChI=1S/C15H23NO4/c1-4-11(3)16-9-12-7-6-8-13(19-5-2)15(12)20-10-14(17)18/h6-8,11,16H,4-5,9-10H2,1-3H3,(H,17,18). The lowest BCUT2D eigenvalue weighted by molar-refractivity contribution is -0.139. The van der Waals surface area contributed by atoms with Crippen molar-refractivity contribution in [2.45, 2.75) is 39.8 Å². The number of rotatable bonds is 9. The summed E-state index contributed by atoms with van der Waals surface area (Å²) >= 11 is 0. The number of aliphatic carboxylic acids is 1. The van der Waals surface area contributed by atoms with Gasteiger partial charge in [0.1, 0.15) is 0 Å². The van der Waals surface area contributed by atoms with Gasteiger partial charge in [-0.2, -0.15) is 0 Å². The molecule has 0 aliphatic carbocycles. The third kappa shape index (κ3) is 5.09. The largest absolute Gasteiger partial charge is 0.490 e. The quantitative estimate of drug-likeness (QED) is 0.727. The summed E-state index contributed by atoms with van der Waals surface area (Å²) < 4.78 is 10.9. The Bertz CT molecular complexity index is 434. The molecule has 0 aliphatic rings. The molecule has 5 heteroatoms. The van der Waals surface area contributed by atoms with Gasteiger partial charge in [-0.05, 0) is 26.3 Å². The maximum absolute atomic E-state index is 10.7. The van der Waals surface area contributed by atoms with Gasteiger partial charge in [0.25, 0.3) is 0 Å². The molecule has 5 nitrogen and oxygen atoms in total. The van der Waals surface area contributed by atoms with Gasteiger partial charge in [-0.1, -0.05) is 19.1 Å². The minimum atomic E-state index is -1.00. The Balaban J connectivity index is 2.89. The maximum atomic E-state index is 10.7. The van der Waals surface area contributed by atoms with Crippen LogP contribution in [0, 0.1) is 0 Å². The van der Waals surface area contributed by atoms with E-state index in [1.165, 1.54) is 0 Å². The fourth-order valence-corrected chi connectivity index (χ4v) is 1.70. The highest BCUT2D eigenvalue weighted by Crippen LogP contribution is 2.31. The summed E-state index contributed by atoms with van der Waals surface area (Å²) in [6.45, 7) is 6.84. The molecule has 0 fully saturated rings. The third-order valence-electron chi connectivity index (χ3n) is 2.95. The zero-order valence-electron chi connectivity index (χ0n) is 12.3. The highest BCUT2D eigenvalue weighted by Gasteiger charge is 2.13.